The molecule has 0 saturated heterocycles. The van der Waals surface area contributed by atoms with E-state index in [1.165, 1.54) is 6.07 Å². The molecule has 1 aliphatic rings. The number of halogens is 2. The summed E-state index contributed by atoms with van der Waals surface area (Å²) in [6.45, 7) is 11.0. The molecule has 0 saturated carbocycles. The lowest BCUT2D eigenvalue weighted by Crippen LogP contribution is -2.33. The first kappa shape index (κ1) is 12.5. The summed E-state index contributed by atoms with van der Waals surface area (Å²) in [6, 6.07) is 2.30. The Balaban J connectivity index is 2.48. The van der Waals surface area contributed by atoms with E-state index < -0.39 is 22.9 Å². The summed E-state index contributed by atoms with van der Waals surface area (Å²) in [5, 5.41) is 0. The normalized spacial score (nSPS) is 17.6. The maximum atomic E-state index is 14.0. The first-order valence-electron chi connectivity index (χ1n) is 5.54. The third kappa shape index (κ3) is 2.19. The largest absolute Gasteiger partial charge is 0.471 e. The molecule has 3 nitrogen and oxygen atoms in total. The molecule has 18 heavy (non-hydrogen) atoms. The van der Waals surface area contributed by atoms with Gasteiger partial charge in [0.2, 0.25) is 5.90 Å². The van der Waals surface area contributed by atoms with Crippen molar-refractivity contribution in [2.24, 2.45) is 4.99 Å². The van der Waals surface area contributed by atoms with Crippen LogP contribution >= 0.6 is 0 Å². The van der Waals surface area contributed by atoms with Crippen LogP contribution in [0.5, 0.6) is 0 Å². The summed E-state index contributed by atoms with van der Waals surface area (Å²) in [5.41, 5.74) is -1.02. The Morgan fingerprint density at radius 3 is 2.72 bits per heavy atom. The lowest BCUT2D eigenvalue weighted by Gasteiger charge is -2.30. The molecule has 1 aromatic rings. The van der Waals surface area contributed by atoms with Crippen molar-refractivity contribution in [3.05, 3.63) is 40.7 Å². The standard InChI is InChI=1S/C13H12F2N2O/c1-13(2)6-7-17-12(18-13)8-4-5-9(14)11(16-3)10(8)15/h4-5H,6-7H2,1-2H3. The van der Waals surface area contributed by atoms with Gasteiger partial charge in [-0.3, -0.25) is 4.99 Å². The zero-order valence-electron chi connectivity index (χ0n) is 10.1. The fourth-order valence-electron chi connectivity index (χ4n) is 1.72. The molecule has 1 heterocycles. The van der Waals surface area contributed by atoms with Gasteiger partial charge < -0.3 is 4.74 Å². The maximum Gasteiger partial charge on any atom is 0.257 e. The lowest BCUT2D eigenvalue weighted by molar-refractivity contribution is 0.0772. The SMILES string of the molecule is [C-]#[N+]c1c(F)ccc(C2=NCCC(C)(C)O2)c1F. The summed E-state index contributed by atoms with van der Waals surface area (Å²) < 4.78 is 32.7. The van der Waals surface area contributed by atoms with Crippen LogP contribution in [0.3, 0.4) is 0 Å². The van der Waals surface area contributed by atoms with Crippen molar-refractivity contribution >= 4 is 11.6 Å². The van der Waals surface area contributed by atoms with Crippen LogP contribution in [0.1, 0.15) is 25.8 Å². The Morgan fingerprint density at radius 1 is 1.39 bits per heavy atom. The number of benzene rings is 1. The molecule has 1 aliphatic heterocycles. The van der Waals surface area contributed by atoms with Crippen LogP contribution in [0.4, 0.5) is 14.5 Å². The highest BCUT2D eigenvalue weighted by atomic mass is 19.1. The van der Waals surface area contributed by atoms with Crippen molar-refractivity contribution < 1.29 is 13.5 Å². The van der Waals surface area contributed by atoms with Gasteiger partial charge in [-0.05, 0) is 26.0 Å². The van der Waals surface area contributed by atoms with E-state index in [0.29, 0.717) is 6.54 Å². The van der Waals surface area contributed by atoms with Gasteiger partial charge >= 0.3 is 0 Å². The first-order valence-corrected chi connectivity index (χ1v) is 5.54. The van der Waals surface area contributed by atoms with E-state index in [1.807, 2.05) is 13.8 Å². The van der Waals surface area contributed by atoms with Crippen molar-refractivity contribution in [3.63, 3.8) is 0 Å². The van der Waals surface area contributed by atoms with E-state index in [4.69, 9.17) is 11.3 Å². The van der Waals surface area contributed by atoms with Gasteiger partial charge in [0.1, 0.15) is 17.2 Å². The van der Waals surface area contributed by atoms with Crippen LogP contribution in [-0.4, -0.2) is 18.0 Å². The second kappa shape index (κ2) is 4.37. The van der Waals surface area contributed by atoms with Gasteiger partial charge in [0.15, 0.2) is 0 Å². The fraction of sp³-hybridized carbons (Fsp3) is 0.385. The summed E-state index contributed by atoms with van der Waals surface area (Å²) >= 11 is 0. The van der Waals surface area contributed by atoms with Crippen molar-refractivity contribution in [1.29, 1.82) is 0 Å². The van der Waals surface area contributed by atoms with Gasteiger partial charge in [-0.25, -0.2) is 13.6 Å². The van der Waals surface area contributed by atoms with Crippen LogP contribution in [-0.2, 0) is 4.74 Å². The molecule has 0 spiro atoms. The maximum absolute atomic E-state index is 14.0. The predicted molar refractivity (Wildman–Crippen MR) is 63.8 cm³/mol. The van der Waals surface area contributed by atoms with Crippen LogP contribution in [0.15, 0.2) is 17.1 Å². The molecule has 94 valence electrons. The van der Waals surface area contributed by atoms with Crippen LogP contribution in [0.25, 0.3) is 4.85 Å². The average Bonchev–Trinajstić information content (AvgIpc) is 2.28. The Kier molecular flexibility index (Phi) is 3.04. The Bertz CT molecular complexity index is 559. The third-order valence-corrected chi connectivity index (χ3v) is 2.75. The highest BCUT2D eigenvalue weighted by molar-refractivity contribution is 5.96. The number of hydrogen-bond acceptors (Lipinski definition) is 2. The number of nitrogens with zero attached hydrogens (tertiary/aromatic N) is 2. The first-order chi connectivity index (χ1) is 8.44. The highest BCUT2D eigenvalue weighted by Gasteiger charge is 2.28. The molecule has 0 aromatic heterocycles. The number of hydrogen-bond donors (Lipinski definition) is 0. The third-order valence-electron chi connectivity index (χ3n) is 2.75. The molecule has 0 fully saturated rings. The van der Waals surface area contributed by atoms with E-state index in [2.05, 4.69) is 9.84 Å². The van der Waals surface area contributed by atoms with E-state index >= 15 is 0 Å². The highest BCUT2D eigenvalue weighted by Crippen LogP contribution is 2.29. The summed E-state index contributed by atoms with van der Waals surface area (Å²) in [4.78, 5) is 6.94. The molecule has 5 heteroatoms. The number of ether oxygens (including phenoxy) is 1. The Morgan fingerprint density at radius 2 is 2.11 bits per heavy atom. The fourth-order valence-corrected chi connectivity index (χ4v) is 1.72. The van der Waals surface area contributed by atoms with Gasteiger partial charge in [-0.1, -0.05) is 0 Å². The van der Waals surface area contributed by atoms with Gasteiger partial charge in [-0.2, -0.15) is 0 Å². The van der Waals surface area contributed by atoms with Gasteiger partial charge in [0.25, 0.3) is 5.69 Å². The minimum Gasteiger partial charge on any atom is -0.471 e. The zero-order chi connectivity index (χ0) is 13.3. The quantitative estimate of drug-likeness (QED) is 0.701. The van der Waals surface area contributed by atoms with Crippen molar-refractivity contribution in [3.8, 4) is 0 Å². The molecule has 0 atom stereocenters. The molecule has 2 rings (SSSR count). The lowest BCUT2D eigenvalue weighted by atomic mass is 10.0. The van der Waals surface area contributed by atoms with Crippen molar-refractivity contribution in [1.82, 2.24) is 0 Å². The van der Waals surface area contributed by atoms with E-state index in [-0.39, 0.29) is 11.5 Å². The second-order valence-corrected chi connectivity index (χ2v) is 4.67. The minimum absolute atomic E-state index is 0.0372. The van der Waals surface area contributed by atoms with E-state index in [9.17, 15) is 8.78 Å². The Hall–Kier alpha value is -1.96. The van der Waals surface area contributed by atoms with Crippen LogP contribution < -0.4 is 0 Å². The molecule has 1 aromatic carbocycles. The van der Waals surface area contributed by atoms with E-state index in [1.54, 1.807) is 0 Å². The van der Waals surface area contributed by atoms with Gasteiger partial charge in [0, 0.05) is 13.0 Å². The predicted octanol–water partition coefficient (Wildman–Crippen LogP) is 3.46. The van der Waals surface area contributed by atoms with Crippen molar-refractivity contribution in [2.45, 2.75) is 25.9 Å². The van der Waals surface area contributed by atoms with Crippen LogP contribution in [0.2, 0.25) is 0 Å². The number of aliphatic imine (C=N–C) groups is 1. The average molecular weight is 250 g/mol. The molecule has 0 amide bonds. The Labute approximate surface area is 104 Å². The summed E-state index contributed by atoms with van der Waals surface area (Å²) in [6.07, 6.45) is 0.731. The second-order valence-electron chi connectivity index (χ2n) is 4.67. The molecule has 0 aliphatic carbocycles. The van der Waals surface area contributed by atoms with Gasteiger partial charge in [-0.15, -0.1) is 0 Å². The molecule has 0 bridgehead atoms. The molecule has 0 N–H and O–H groups in total. The van der Waals surface area contributed by atoms with Crippen molar-refractivity contribution in [2.75, 3.05) is 6.54 Å². The molecular formula is C13H12F2N2O. The van der Waals surface area contributed by atoms with Crippen LogP contribution in [0, 0.1) is 18.2 Å². The van der Waals surface area contributed by atoms with Gasteiger partial charge in [0.05, 0.1) is 12.1 Å². The summed E-state index contributed by atoms with van der Waals surface area (Å²) in [5.74, 6) is -1.66. The molecule has 0 unspecified atom stereocenters. The zero-order valence-corrected chi connectivity index (χ0v) is 10.1. The summed E-state index contributed by atoms with van der Waals surface area (Å²) in [7, 11) is 0. The molecular weight excluding hydrogens is 238 g/mol. The number of rotatable bonds is 1. The monoisotopic (exact) mass is 250 g/mol. The topological polar surface area (TPSA) is 25.9 Å². The minimum atomic E-state index is -0.915. The smallest absolute Gasteiger partial charge is 0.257 e. The van der Waals surface area contributed by atoms with E-state index in [0.717, 1.165) is 12.5 Å². The molecule has 0 radical (unpaired) electrons.